The third-order valence-electron chi connectivity index (χ3n) is 2.20. The van der Waals surface area contributed by atoms with E-state index >= 15 is 0 Å². The number of nitrogens with two attached hydrogens (primary N) is 1. The summed E-state index contributed by atoms with van der Waals surface area (Å²) in [5, 5.41) is 2.58. The van der Waals surface area contributed by atoms with Crippen molar-refractivity contribution in [2.24, 2.45) is 5.73 Å². The van der Waals surface area contributed by atoms with Crippen molar-refractivity contribution >= 4 is 29.1 Å². The first-order valence-electron chi connectivity index (χ1n) is 5.15. The number of anilines is 1. The highest BCUT2D eigenvalue weighted by Crippen LogP contribution is 2.07. The molecule has 5 nitrogen and oxygen atoms in total. The van der Waals surface area contributed by atoms with Crippen LogP contribution in [0, 0.1) is 0 Å². The first-order valence-corrected chi connectivity index (χ1v) is 5.56. The Kier molecular flexibility index (Phi) is 3.59. The second-order valence-electron chi connectivity index (χ2n) is 3.47. The molecule has 1 aromatic heterocycles. The number of carbonyl (C=O) groups is 1. The van der Waals surface area contributed by atoms with Gasteiger partial charge in [0, 0.05) is 23.5 Å². The minimum atomic E-state index is -0.306. The number of nitrogens with zero attached hydrogens (tertiary/aromatic N) is 2. The molecule has 2 rings (SSSR count). The highest BCUT2D eigenvalue weighted by Gasteiger charge is 2.08. The highest BCUT2D eigenvalue weighted by molar-refractivity contribution is 7.80. The van der Waals surface area contributed by atoms with Gasteiger partial charge in [-0.15, -0.1) is 0 Å². The molecule has 90 valence electrons. The third kappa shape index (κ3) is 2.86. The molecule has 0 aliphatic heterocycles. The van der Waals surface area contributed by atoms with Crippen LogP contribution in [0.3, 0.4) is 0 Å². The number of carbonyl (C=O) groups excluding carboxylic acids is 1. The average molecular weight is 258 g/mol. The van der Waals surface area contributed by atoms with Gasteiger partial charge in [-0.05, 0) is 18.2 Å². The first kappa shape index (κ1) is 12.1. The summed E-state index contributed by atoms with van der Waals surface area (Å²) in [6, 6.07) is 8.43. The van der Waals surface area contributed by atoms with E-state index in [0.717, 1.165) is 0 Å². The number of amides is 1. The number of hydrogen-bond acceptors (Lipinski definition) is 4. The van der Waals surface area contributed by atoms with Crippen molar-refractivity contribution in [2.45, 2.75) is 0 Å². The fraction of sp³-hybridized carbons (Fsp3) is 0. The lowest BCUT2D eigenvalue weighted by atomic mass is 10.1. The van der Waals surface area contributed by atoms with Crippen LogP contribution in [-0.2, 0) is 0 Å². The molecule has 0 unspecified atom stereocenters. The predicted molar refractivity (Wildman–Crippen MR) is 72.3 cm³/mol. The average Bonchev–Trinajstić information content (AvgIpc) is 2.40. The summed E-state index contributed by atoms with van der Waals surface area (Å²) in [5.74, 6) is -0.0532. The molecule has 0 aliphatic rings. The van der Waals surface area contributed by atoms with Crippen LogP contribution in [0.2, 0.25) is 0 Å². The summed E-state index contributed by atoms with van der Waals surface area (Å²) in [6.45, 7) is 0. The second kappa shape index (κ2) is 5.33. The molecule has 0 spiro atoms. The molecule has 0 bridgehead atoms. The number of aromatic nitrogens is 2. The molecule has 0 saturated carbocycles. The van der Waals surface area contributed by atoms with Gasteiger partial charge in [-0.25, -0.2) is 9.97 Å². The van der Waals surface area contributed by atoms with Gasteiger partial charge in [-0.2, -0.15) is 0 Å². The third-order valence-corrected chi connectivity index (χ3v) is 2.44. The van der Waals surface area contributed by atoms with Crippen molar-refractivity contribution in [1.29, 1.82) is 0 Å². The van der Waals surface area contributed by atoms with Crippen LogP contribution in [0.4, 0.5) is 5.95 Å². The van der Waals surface area contributed by atoms with E-state index in [9.17, 15) is 4.79 Å². The molecule has 18 heavy (non-hydrogen) atoms. The Morgan fingerprint density at radius 2 is 1.83 bits per heavy atom. The second-order valence-corrected chi connectivity index (χ2v) is 3.91. The standard InChI is InChI=1S/C12H10N4OS/c13-10(18)8-3-1-4-9(7-8)11(17)16-12-14-5-2-6-15-12/h1-7H,(H2,13,18)(H,14,15,16,17). The van der Waals surface area contributed by atoms with Crippen molar-refractivity contribution in [3.63, 3.8) is 0 Å². The van der Waals surface area contributed by atoms with Crippen LogP contribution >= 0.6 is 12.2 Å². The Bertz CT molecular complexity index is 586. The van der Waals surface area contributed by atoms with E-state index in [1.54, 1.807) is 42.7 Å². The van der Waals surface area contributed by atoms with E-state index in [-0.39, 0.29) is 16.8 Å². The van der Waals surface area contributed by atoms with E-state index in [2.05, 4.69) is 15.3 Å². The largest absolute Gasteiger partial charge is 0.389 e. The van der Waals surface area contributed by atoms with Crippen LogP contribution in [0.5, 0.6) is 0 Å². The lowest BCUT2D eigenvalue weighted by Crippen LogP contribution is -2.16. The van der Waals surface area contributed by atoms with Crippen LogP contribution in [-0.4, -0.2) is 20.9 Å². The lowest BCUT2D eigenvalue weighted by Gasteiger charge is -2.04. The van der Waals surface area contributed by atoms with Crippen LogP contribution in [0.25, 0.3) is 0 Å². The molecular formula is C12H10N4OS. The molecule has 6 heteroatoms. The molecule has 1 heterocycles. The van der Waals surface area contributed by atoms with Crippen LogP contribution < -0.4 is 11.1 Å². The number of benzene rings is 1. The maximum absolute atomic E-state index is 11.9. The van der Waals surface area contributed by atoms with E-state index in [4.69, 9.17) is 18.0 Å². The molecule has 0 aliphatic carbocycles. The normalized spacial score (nSPS) is 9.78. The molecule has 1 amide bonds. The zero-order valence-electron chi connectivity index (χ0n) is 9.33. The molecular weight excluding hydrogens is 248 g/mol. The fourth-order valence-electron chi connectivity index (χ4n) is 1.35. The summed E-state index contributed by atoms with van der Waals surface area (Å²) in [7, 11) is 0. The van der Waals surface area contributed by atoms with Crippen molar-refractivity contribution in [3.8, 4) is 0 Å². The van der Waals surface area contributed by atoms with Gasteiger partial charge in [-0.1, -0.05) is 24.4 Å². The van der Waals surface area contributed by atoms with Crippen molar-refractivity contribution in [3.05, 3.63) is 53.9 Å². The van der Waals surface area contributed by atoms with Gasteiger partial charge in [0.05, 0.1) is 0 Å². The van der Waals surface area contributed by atoms with Gasteiger partial charge in [0.15, 0.2) is 0 Å². The van der Waals surface area contributed by atoms with Crippen molar-refractivity contribution in [1.82, 2.24) is 9.97 Å². The molecule has 0 fully saturated rings. The zero-order valence-corrected chi connectivity index (χ0v) is 10.1. The molecule has 0 saturated heterocycles. The van der Waals surface area contributed by atoms with Gasteiger partial charge >= 0.3 is 0 Å². The Morgan fingerprint density at radius 1 is 1.17 bits per heavy atom. The summed E-state index contributed by atoms with van der Waals surface area (Å²) in [6.07, 6.45) is 3.10. The summed E-state index contributed by atoms with van der Waals surface area (Å²) in [4.78, 5) is 20.0. The van der Waals surface area contributed by atoms with E-state index < -0.39 is 0 Å². The minimum absolute atomic E-state index is 0.251. The quantitative estimate of drug-likeness (QED) is 0.812. The maximum atomic E-state index is 11.9. The monoisotopic (exact) mass is 258 g/mol. The molecule has 1 aromatic carbocycles. The predicted octanol–water partition coefficient (Wildman–Crippen LogP) is 1.36. The maximum Gasteiger partial charge on any atom is 0.258 e. The summed E-state index contributed by atoms with van der Waals surface area (Å²) < 4.78 is 0. The van der Waals surface area contributed by atoms with Gasteiger partial charge in [0.25, 0.3) is 5.91 Å². The fourth-order valence-corrected chi connectivity index (χ4v) is 1.48. The summed E-state index contributed by atoms with van der Waals surface area (Å²) in [5.41, 5.74) is 6.61. The Morgan fingerprint density at radius 3 is 2.50 bits per heavy atom. The van der Waals surface area contributed by atoms with E-state index in [1.807, 2.05) is 0 Å². The Balaban J connectivity index is 2.19. The van der Waals surface area contributed by atoms with Gasteiger partial charge in [-0.3, -0.25) is 10.1 Å². The number of thiocarbonyl (C=S) groups is 1. The molecule has 0 atom stereocenters. The SMILES string of the molecule is NC(=S)c1cccc(C(=O)Nc2ncccn2)c1. The first-order chi connectivity index (χ1) is 8.66. The smallest absolute Gasteiger partial charge is 0.258 e. The van der Waals surface area contributed by atoms with Crippen LogP contribution in [0.1, 0.15) is 15.9 Å². The summed E-state index contributed by atoms with van der Waals surface area (Å²) >= 11 is 4.86. The van der Waals surface area contributed by atoms with Gasteiger partial charge in [0.2, 0.25) is 5.95 Å². The van der Waals surface area contributed by atoms with E-state index in [1.165, 1.54) is 0 Å². The van der Waals surface area contributed by atoms with Gasteiger partial charge in [0.1, 0.15) is 4.99 Å². The number of rotatable bonds is 3. The van der Waals surface area contributed by atoms with E-state index in [0.29, 0.717) is 11.1 Å². The molecule has 2 aromatic rings. The number of nitrogens with one attached hydrogen (secondary N) is 1. The topological polar surface area (TPSA) is 80.9 Å². The highest BCUT2D eigenvalue weighted by atomic mass is 32.1. The minimum Gasteiger partial charge on any atom is -0.389 e. The van der Waals surface area contributed by atoms with Gasteiger partial charge < -0.3 is 5.73 Å². The molecule has 3 N–H and O–H groups in total. The van der Waals surface area contributed by atoms with Crippen LogP contribution in [0.15, 0.2) is 42.7 Å². The Labute approximate surface area is 109 Å². The Hall–Kier alpha value is -2.34. The van der Waals surface area contributed by atoms with Crippen molar-refractivity contribution < 1.29 is 4.79 Å². The zero-order chi connectivity index (χ0) is 13.0. The lowest BCUT2D eigenvalue weighted by molar-refractivity contribution is 0.102. The molecule has 0 radical (unpaired) electrons. The van der Waals surface area contributed by atoms with Crippen molar-refractivity contribution in [2.75, 3.05) is 5.32 Å². The number of hydrogen-bond donors (Lipinski definition) is 2.